The topological polar surface area (TPSA) is 28.2 Å². The molecule has 0 saturated carbocycles. The van der Waals surface area contributed by atoms with Crippen molar-refractivity contribution in [3.63, 3.8) is 0 Å². The van der Waals surface area contributed by atoms with Crippen LogP contribution < -0.4 is 5.32 Å². The minimum Gasteiger partial charge on any atom is -0.308 e. The van der Waals surface area contributed by atoms with Gasteiger partial charge in [0.05, 0.1) is 5.51 Å². The first kappa shape index (κ1) is 13.0. The Bertz CT molecular complexity index is 361. The van der Waals surface area contributed by atoms with Crippen LogP contribution in [-0.2, 0) is 6.54 Å². The smallest absolute Gasteiger partial charge is 0.0794 e. The average Bonchev–Trinajstić information content (AvgIpc) is 2.77. The van der Waals surface area contributed by atoms with Crippen LogP contribution in [0.25, 0.3) is 0 Å². The van der Waals surface area contributed by atoms with E-state index in [-0.39, 0.29) is 11.1 Å². The van der Waals surface area contributed by atoms with Crippen LogP contribution >= 0.6 is 11.3 Å². The highest BCUT2D eigenvalue weighted by Crippen LogP contribution is 2.27. The maximum absolute atomic E-state index is 4.17. The summed E-state index contributed by atoms with van der Waals surface area (Å²) in [6.07, 6.45) is 3.16. The van der Waals surface area contributed by atoms with Gasteiger partial charge in [-0.2, -0.15) is 0 Å². The lowest BCUT2D eigenvalue weighted by Gasteiger charge is -2.50. The Morgan fingerprint density at radius 2 is 2.24 bits per heavy atom. The van der Waals surface area contributed by atoms with Gasteiger partial charge in [-0.25, -0.2) is 0 Å². The Morgan fingerprint density at radius 1 is 1.47 bits per heavy atom. The largest absolute Gasteiger partial charge is 0.308 e. The predicted octanol–water partition coefficient (Wildman–Crippen LogP) is 2.50. The molecular formula is C13H23N3S. The summed E-state index contributed by atoms with van der Waals surface area (Å²) in [6.45, 7) is 12.4. The molecule has 0 bridgehead atoms. The molecule has 1 N–H and O–H groups in total. The van der Waals surface area contributed by atoms with Crippen molar-refractivity contribution in [3.8, 4) is 0 Å². The SMILES string of the molecule is CCC1(C)CN(Cc2cncs2)C(C)(C)CN1. The molecule has 1 atom stereocenters. The molecule has 1 aliphatic heterocycles. The fraction of sp³-hybridized carbons (Fsp3) is 0.769. The normalized spacial score (nSPS) is 29.4. The highest BCUT2D eigenvalue weighted by molar-refractivity contribution is 7.09. The number of thiazole rings is 1. The molecule has 0 spiro atoms. The molecule has 0 aromatic carbocycles. The number of aromatic nitrogens is 1. The lowest BCUT2D eigenvalue weighted by atomic mass is 9.88. The zero-order valence-electron chi connectivity index (χ0n) is 11.3. The van der Waals surface area contributed by atoms with Crippen LogP contribution in [0.1, 0.15) is 39.0 Å². The molecule has 17 heavy (non-hydrogen) atoms. The van der Waals surface area contributed by atoms with Gasteiger partial charge in [0.15, 0.2) is 0 Å². The molecule has 1 aromatic rings. The van der Waals surface area contributed by atoms with E-state index in [9.17, 15) is 0 Å². The van der Waals surface area contributed by atoms with E-state index in [0.29, 0.717) is 0 Å². The molecule has 1 saturated heterocycles. The summed E-state index contributed by atoms with van der Waals surface area (Å²) in [4.78, 5) is 8.11. The van der Waals surface area contributed by atoms with Gasteiger partial charge in [-0.1, -0.05) is 6.92 Å². The van der Waals surface area contributed by atoms with Crippen LogP contribution in [0.4, 0.5) is 0 Å². The Kier molecular flexibility index (Phi) is 3.57. The van der Waals surface area contributed by atoms with Crippen LogP contribution in [-0.4, -0.2) is 34.1 Å². The first-order valence-electron chi connectivity index (χ1n) is 6.33. The van der Waals surface area contributed by atoms with Crippen LogP contribution in [0.15, 0.2) is 11.7 Å². The van der Waals surface area contributed by atoms with Crippen LogP contribution in [0.5, 0.6) is 0 Å². The van der Waals surface area contributed by atoms with Crippen molar-refractivity contribution >= 4 is 11.3 Å². The maximum atomic E-state index is 4.17. The summed E-state index contributed by atoms with van der Waals surface area (Å²) in [5, 5.41) is 3.69. The second-order valence-corrected chi connectivity index (χ2v) is 6.87. The third-order valence-electron chi connectivity index (χ3n) is 3.95. The summed E-state index contributed by atoms with van der Waals surface area (Å²) in [6, 6.07) is 0. The molecule has 1 aromatic heterocycles. The molecule has 3 nitrogen and oxygen atoms in total. The summed E-state index contributed by atoms with van der Waals surface area (Å²) < 4.78 is 0. The summed E-state index contributed by atoms with van der Waals surface area (Å²) in [7, 11) is 0. The van der Waals surface area contributed by atoms with Gasteiger partial charge in [0.1, 0.15) is 0 Å². The molecule has 1 unspecified atom stereocenters. The van der Waals surface area contributed by atoms with Crippen LogP contribution in [0.2, 0.25) is 0 Å². The van der Waals surface area contributed by atoms with Crippen molar-refractivity contribution in [1.29, 1.82) is 0 Å². The number of nitrogens with zero attached hydrogens (tertiary/aromatic N) is 2. The zero-order chi connectivity index (χ0) is 12.5. The van der Waals surface area contributed by atoms with E-state index < -0.39 is 0 Å². The minimum absolute atomic E-state index is 0.221. The van der Waals surface area contributed by atoms with Gasteiger partial charge in [0.25, 0.3) is 0 Å². The van der Waals surface area contributed by atoms with E-state index in [2.05, 4.69) is 42.9 Å². The first-order valence-corrected chi connectivity index (χ1v) is 7.21. The van der Waals surface area contributed by atoms with E-state index >= 15 is 0 Å². The number of hydrogen-bond donors (Lipinski definition) is 1. The van der Waals surface area contributed by atoms with Crippen molar-refractivity contribution in [1.82, 2.24) is 15.2 Å². The quantitative estimate of drug-likeness (QED) is 0.897. The van der Waals surface area contributed by atoms with Gasteiger partial charge in [-0.15, -0.1) is 11.3 Å². The van der Waals surface area contributed by atoms with Crippen LogP contribution in [0, 0.1) is 0 Å². The molecular weight excluding hydrogens is 230 g/mol. The Hall–Kier alpha value is -0.450. The monoisotopic (exact) mass is 253 g/mol. The average molecular weight is 253 g/mol. The van der Waals surface area contributed by atoms with Gasteiger partial charge in [-0.3, -0.25) is 9.88 Å². The summed E-state index contributed by atoms with van der Waals surface area (Å²) in [5.41, 5.74) is 2.39. The van der Waals surface area contributed by atoms with Gasteiger partial charge in [0, 0.05) is 41.8 Å². The van der Waals surface area contributed by atoms with Crippen molar-refractivity contribution in [2.45, 2.75) is 51.7 Å². The van der Waals surface area contributed by atoms with Gasteiger partial charge < -0.3 is 5.32 Å². The van der Waals surface area contributed by atoms with Crippen molar-refractivity contribution in [3.05, 3.63) is 16.6 Å². The van der Waals surface area contributed by atoms with E-state index in [1.807, 2.05) is 11.7 Å². The number of piperazine rings is 1. The molecule has 1 fully saturated rings. The fourth-order valence-corrected chi connectivity index (χ4v) is 2.86. The molecule has 2 heterocycles. The number of rotatable bonds is 3. The highest BCUT2D eigenvalue weighted by atomic mass is 32.1. The maximum Gasteiger partial charge on any atom is 0.0794 e. The first-order chi connectivity index (χ1) is 7.95. The van der Waals surface area contributed by atoms with Crippen molar-refractivity contribution in [2.24, 2.45) is 0 Å². The van der Waals surface area contributed by atoms with E-state index in [4.69, 9.17) is 0 Å². The molecule has 0 radical (unpaired) electrons. The molecule has 2 rings (SSSR count). The van der Waals surface area contributed by atoms with E-state index in [1.165, 1.54) is 11.3 Å². The molecule has 1 aliphatic rings. The summed E-state index contributed by atoms with van der Waals surface area (Å²) >= 11 is 1.75. The third-order valence-corrected chi connectivity index (χ3v) is 4.72. The highest BCUT2D eigenvalue weighted by Gasteiger charge is 2.38. The second kappa shape index (κ2) is 4.67. The van der Waals surface area contributed by atoms with E-state index in [0.717, 1.165) is 19.6 Å². The third kappa shape index (κ3) is 2.87. The van der Waals surface area contributed by atoms with Crippen LogP contribution in [0.3, 0.4) is 0 Å². The number of nitrogens with one attached hydrogen (secondary N) is 1. The van der Waals surface area contributed by atoms with Crippen molar-refractivity contribution in [2.75, 3.05) is 13.1 Å². The lowest BCUT2D eigenvalue weighted by Crippen LogP contribution is -2.66. The van der Waals surface area contributed by atoms with Crippen molar-refractivity contribution < 1.29 is 0 Å². The molecule has 4 heteroatoms. The minimum atomic E-state index is 0.221. The lowest BCUT2D eigenvalue weighted by molar-refractivity contribution is 0.0253. The Labute approximate surface area is 108 Å². The summed E-state index contributed by atoms with van der Waals surface area (Å²) in [5.74, 6) is 0. The van der Waals surface area contributed by atoms with Gasteiger partial charge >= 0.3 is 0 Å². The fourth-order valence-electron chi connectivity index (χ4n) is 2.25. The zero-order valence-corrected chi connectivity index (χ0v) is 12.1. The number of hydrogen-bond acceptors (Lipinski definition) is 4. The Morgan fingerprint density at radius 3 is 2.82 bits per heavy atom. The van der Waals surface area contributed by atoms with Gasteiger partial charge in [0.2, 0.25) is 0 Å². The predicted molar refractivity (Wildman–Crippen MR) is 73.3 cm³/mol. The Balaban J connectivity index is 2.11. The molecule has 96 valence electrons. The van der Waals surface area contributed by atoms with Gasteiger partial charge in [-0.05, 0) is 27.2 Å². The van der Waals surface area contributed by atoms with E-state index in [1.54, 1.807) is 11.3 Å². The second-order valence-electron chi connectivity index (χ2n) is 5.90. The molecule has 0 aliphatic carbocycles. The standard InChI is InChI=1S/C13H23N3S/c1-5-13(4)9-16(12(2,3)8-15-13)7-11-6-14-10-17-11/h6,10,15H,5,7-9H2,1-4H3. The molecule has 0 amide bonds.